The molecule has 0 amide bonds. The predicted molar refractivity (Wildman–Crippen MR) is 78.6 cm³/mol. The molecule has 6 heteroatoms. The second-order valence-corrected chi connectivity index (χ2v) is 4.54. The van der Waals surface area contributed by atoms with E-state index in [1.54, 1.807) is 7.11 Å². The second-order valence-electron chi connectivity index (χ2n) is 4.19. The lowest BCUT2D eigenvalue weighted by molar-refractivity contribution is 0.412. The minimum atomic E-state index is 0.0424. The summed E-state index contributed by atoms with van der Waals surface area (Å²) in [4.78, 5) is 8.04. The minimum Gasteiger partial charge on any atom is -0.497 e. The lowest BCUT2D eigenvalue weighted by atomic mass is 10.1. The fourth-order valence-corrected chi connectivity index (χ4v) is 2.03. The van der Waals surface area contributed by atoms with Crippen LogP contribution in [0.3, 0.4) is 0 Å². The molecule has 0 aliphatic rings. The van der Waals surface area contributed by atoms with Crippen LogP contribution in [0.15, 0.2) is 30.6 Å². The topological polar surface area (TPSA) is 56.3 Å². The maximum absolute atomic E-state index is 5.97. The number of aromatic nitrogens is 2. The molecule has 0 bridgehead atoms. The first-order valence-electron chi connectivity index (χ1n) is 6.10. The van der Waals surface area contributed by atoms with E-state index in [2.05, 4.69) is 15.3 Å². The fraction of sp³-hybridized carbons (Fsp3) is 0.286. The van der Waals surface area contributed by atoms with Gasteiger partial charge in [-0.25, -0.2) is 9.97 Å². The largest absolute Gasteiger partial charge is 0.497 e. The summed E-state index contributed by atoms with van der Waals surface area (Å²) < 4.78 is 10.4. The van der Waals surface area contributed by atoms with Crippen molar-refractivity contribution in [2.75, 3.05) is 19.5 Å². The zero-order valence-corrected chi connectivity index (χ0v) is 12.3. The van der Waals surface area contributed by atoms with Crippen molar-refractivity contribution in [1.29, 1.82) is 0 Å². The van der Waals surface area contributed by atoms with Gasteiger partial charge in [-0.05, 0) is 24.6 Å². The van der Waals surface area contributed by atoms with E-state index in [0.29, 0.717) is 11.6 Å². The molecule has 2 rings (SSSR count). The van der Waals surface area contributed by atoms with E-state index >= 15 is 0 Å². The summed E-state index contributed by atoms with van der Waals surface area (Å²) in [6, 6.07) is 7.85. The smallest absolute Gasteiger partial charge is 0.198 e. The monoisotopic (exact) mass is 293 g/mol. The second kappa shape index (κ2) is 6.43. The Morgan fingerprint density at radius 2 is 1.80 bits per heavy atom. The van der Waals surface area contributed by atoms with Crippen molar-refractivity contribution in [3.05, 3.63) is 41.3 Å². The quantitative estimate of drug-likeness (QED) is 0.857. The summed E-state index contributed by atoms with van der Waals surface area (Å²) in [5, 5.41) is 3.54. The Labute approximate surface area is 122 Å². The van der Waals surface area contributed by atoms with Crippen LogP contribution < -0.4 is 14.8 Å². The number of anilines is 1. The molecule has 0 aliphatic carbocycles. The highest BCUT2D eigenvalue weighted by Gasteiger charge is 2.13. The number of nitrogens with one attached hydrogen (secondary N) is 1. The summed E-state index contributed by atoms with van der Waals surface area (Å²) in [6.45, 7) is 2.03. The molecule has 2 aromatic rings. The van der Waals surface area contributed by atoms with Gasteiger partial charge in [-0.1, -0.05) is 23.7 Å². The number of ether oxygens (including phenoxy) is 2. The summed E-state index contributed by atoms with van der Waals surface area (Å²) in [5.74, 6) is 1.83. The van der Waals surface area contributed by atoms with Crippen molar-refractivity contribution in [2.24, 2.45) is 0 Å². The van der Waals surface area contributed by atoms with E-state index in [4.69, 9.17) is 21.1 Å². The van der Waals surface area contributed by atoms with Crippen LogP contribution in [-0.4, -0.2) is 24.2 Å². The molecule has 1 unspecified atom stereocenters. The fourth-order valence-electron chi connectivity index (χ4n) is 1.82. The highest BCUT2D eigenvalue weighted by atomic mass is 35.5. The maximum atomic E-state index is 5.97. The Bertz CT molecular complexity index is 575. The molecule has 1 atom stereocenters. The predicted octanol–water partition coefficient (Wildman–Crippen LogP) is 3.32. The number of benzene rings is 1. The Morgan fingerprint density at radius 3 is 2.40 bits per heavy atom. The van der Waals surface area contributed by atoms with Gasteiger partial charge >= 0.3 is 0 Å². The molecule has 5 nitrogen and oxygen atoms in total. The van der Waals surface area contributed by atoms with E-state index in [9.17, 15) is 0 Å². The van der Waals surface area contributed by atoms with Crippen LogP contribution in [0, 0.1) is 0 Å². The molecule has 20 heavy (non-hydrogen) atoms. The number of halogens is 1. The maximum Gasteiger partial charge on any atom is 0.198 e. The standard InChI is InChI=1S/C14H16ClN3O2/c1-9(10-4-6-11(19-2)7-5-10)18-14-12(20-3)13(15)16-8-17-14/h4-9H,1-3H3,(H,16,17,18). The van der Waals surface area contributed by atoms with Crippen LogP contribution >= 0.6 is 11.6 Å². The Hall–Kier alpha value is -2.01. The van der Waals surface area contributed by atoms with E-state index in [0.717, 1.165) is 11.3 Å². The van der Waals surface area contributed by atoms with Crippen LogP contribution in [0.2, 0.25) is 5.15 Å². The zero-order chi connectivity index (χ0) is 14.5. The molecule has 1 aromatic heterocycles. The van der Waals surface area contributed by atoms with Gasteiger partial charge in [-0.2, -0.15) is 0 Å². The van der Waals surface area contributed by atoms with Gasteiger partial charge in [-0.3, -0.25) is 0 Å². The van der Waals surface area contributed by atoms with Gasteiger partial charge in [0.2, 0.25) is 0 Å². The van der Waals surface area contributed by atoms with Crippen molar-refractivity contribution in [2.45, 2.75) is 13.0 Å². The number of hydrogen-bond acceptors (Lipinski definition) is 5. The van der Waals surface area contributed by atoms with Crippen molar-refractivity contribution >= 4 is 17.4 Å². The van der Waals surface area contributed by atoms with Crippen LogP contribution in [0.1, 0.15) is 18.5 Å². The third-order valence-corrected chi connectivity index (χ3v) is 3.20. The number of rotatable bonds is 5. The first-order chi connectivity index (χ1) is 9.65. The average molecular weight is 294 g/mol. The minimum absolute atomic E-state index is 0.0424. The molecule has 0 radical (unpaired) electrons. The third kappa shape index (κ3) is 3.11. The van der Waals surface area contributed by atoms with Gasteiger partial charge in [0, 0.05) is 0 Å². The highest BCUT2D eigenvalue weighted by molar-refractivity contribution is 6.31. The van der Waals surface area contributed by atoms with Crippen LogP contribution in [-0.2, 0) is 0 Å². The van der Waals surface area contributed by atoms with Crippen molar-refractivity contribution in [3.8, 4) is 11.5 Å². The SMILES string of the molecule is COc1ccc(C(C)Nc2ncnc(Cl)c2OC)cc1. The molecule has 1 aromatic carbocycles. The van der Waals surface area contributed by atoms with Gasteiger partial charge in [0.1, 0.15) is 12.1 Å². The van der Waals surface area contributed by atoms with E-state index < -0.39 is 0 Å². The summed E-state index contributed by atoms with van der Waals surface area (Å²) in [5.41, 5.74) is 1.10. The van der Waals surface area contributed by atoms with E-state index in [1.807, 2.05) is 31.2 Å². The lowest BCUT2D eigenvalue weighted by Crippen LogP contribution is -2.09. The highest BCUT2D eigenvalue weighted by Crippen LogP contribution is 2.31. The Balaban J connectivity index is 2.18. The molecule has 1 N–H and O–H groups in total. The number of hydrogen-bond donors (Lipinski definition) is 1. The lowest BCUT2D eigenvalue weighted by Gasteiger charge is -2.17. The molecular weight excluding hydrogens is 278 g/mol. The summed E-state index contributed by atoms with van der Waals surface area (Å²) in [6.07, 6.45) is 1.40. The van der Waals surface area contributed by atoms with Gasteiger partial charge in [0.25, 0.3) is 0 Å². The van der Waals surface area contributed by atoms with Crippen molar-refractivity contribution < 1.29 is 9.47 Å². The van der Waals surface area contributed by atoms with Gasteiger partial charge in [-0.15, -0.1) is 0 Å². The summed E-state index contributed by atoms with van der Waals surface area (Å²) >= 11 is 5.97. The normalized spacial score (nSPS) is 11.8. The van der Waals surface area contributed by atoms with E-state index in [-0.39, 0.29) is 11.2 Å². The zero-order valence-electron chi connectivity index (χ0n) is 11.6. The molecule has 0 aliphatic heterocycles. The van der Waals surface area contributed by atoms with Crippen LogP contribution in [0.5, 0.6) is 11.5 Å². The first kappa shape index (κ1) is 14.4. The van der Waals surface area contributed by atoms with Crippen LogP contribution in [0.25, 0.3) is 0 Å². The molecule has 0 saturated heterocycles. The first-order valence-corrected chi connectivity index (χ1v) is 6.48. The Kier molecular flexibility index (Phi) is 4.63. The summed E-state index contributed by atoms with van der Waals surface area (Å²) in [7, 11) is 3.18. The van der Waals surface area contributed by atoms with Gasteiger partial charge in [0.05, 0.1) is 20.3 Å². The molecule has 0 spiro atoms. The Morgan fingerprint density at radius 1 is 1.10 bits per heavy atom. The molecule has 0 saturated carbocycles. The molecule has 0 fully saturated rings. The van der Waals surface area contributed by atoms with Gasteiger partial charge < -0.3 is 14.8 Å². The van der Waals surface area contributed by atoms with Crippen molar-refractivity contribution in [3.63, 3.8) is 0 Å². The van der Waals surface area contributed by atoms with Crippen molar-refractivity contribution in [1.82, 2.24) is 9.97 Å². The molecule has 106 valence electrons. The van der Waals surface area contributed by atoms with Crippen LogP contribution in [0.4, 0.5) is 5.82 Å². The molecular formula is C14H16ClN3O2. The number of nitrogens with zero attached hydrogens (tertiary/aromatic N) is 2. The van der Waals surface area contributed by atoms with E-state index in [1.165, 1.54) is 13.4 Å². The third-order valence-electron chi connectivity index (χ3n) is 2.93. The van der Waals surface area contributed by atoms with Gasteiger partial charge in [0.15, 0.2) is 16.7 Å². The average Bonchev–Trinajstić information content (AvgIpc) is 2.47. The number of methoxy groups -OCH3 is 2. The molecule has 1 heterocycles.